The highest BCUT2D eigenvalue weighted by Crippen LogP contribution is 2.34. The minimum Gasteiger partial charge on any atom is -0.465 e. The Morgan fingerprint density at radius 2 is 1.84 bits per heavy atom. The smallest absolute Gasteiger partial charge is 0.326 e. The molecule has 1 aliphatic carbocycles. The molecular formula is C15H28N2O2. The lowest BCUT2D eigenvalue weighted by molar-refractivity contribution is -0.159. The van der Waals surface area contributed by atoms with E-state index < -0.39 is 0 Å². The molecule has 19 heavy (non-hydrogen) atoms. The number of carbonyl (C=O) groups excluding carboxylic acids is 1. The number of hydrogen-bond acceptors (Lipinski definition) is 4. The monoisotopic (exact) mass is 268 g/mol. The van der Waals surface area contributed by atoms with Gasteiger partial charge >= 0.3 is 5.97 Å². The lowest BCUT2D eigenvalue weighted by Crippen LogP contribution is -2.56. The maximum Gasteiger partial charge on any atom is 0.326 e. The molecule has 2 aliphatic rings. The first-order valence-corrected chi connectivity index (χ1v) is 7.92. The van der Waals surface area contributed by atoms with E-state index in [4.69, 9.17) is 4.74 Å². The van der Waals surface area contributed by atoms with Gasteiger partial charge in [-0.1, -0.05) is 25.7 Å². The van der Waals surface area contributed by atoms with Gasteiger partial charge in [0.25, 0.3) is 0 Å². The lowest BCUT2D eigenvalue weighted by Gasteiger charge is -2.41. The topological polar surface area (TPSA) is 41.6 Å². The van der Waals surface area contributed by atoms with Crippen molar-refractivity contribution >= 4 is 5.97 Å². The zero-order valence-corrected chi connectivity index (χ0v) is 12.2. The van der Waals surface area contributed by atoms with Crippen LogP contribution in [0.15, 0.2) is 0 Å². The summed E-state index contributed by atoms with van der Waals surface area (Å²) in [5.74, 6) is 0.0267. The average molecular weight is 268 g/mol. The number of ether oxygens (including phenoxy) is 1. The van der Waals surface area contributed by atoms with Gasteiger partial charge in [0, 0.05) is 19.6 Å². The Morgan fingerprint density at radius 3 is 2.53 bits per heavy atom. The Balaban J connectivity index is 2.17. The van der Waals surface area contributed by atoms with Crippen LogP contribution in [0.5, 0.6) is 0 Å². The Hall–Kier alpha value is -0.610. The molecule has 2 rings (SSSR count). The predicted molar refractivity (Wildman–Crippen MR) is 76.1 cm³/mol. The van der Waals surface area contributed by atoms with Crippen LogP contribution in [-0.2, 0) is 9.53 Å². The highest BCUT2D eigenvalue weighted by Gasteiger charge is 2.44. The molecule has 1 aliphatic heterocycles. The van der Waals surface area contributed by atoms with E-state index in [1.54, 1.807) is 0 Å². The first-order chi connectivity index (χ1) is 9.29. The van der Waals surface area contributed by atoms with Gasteiger partial charge in [-0.05, 0) is 32.7 Å². The number of carbonyl (C=O) groups is 1. The second-order valence-corrected chi connectivity index (χ2v) is 5.76. The number of nitrogens with zero attached hydrogens (tertiary/aromatic N) is 1. The minimum absolute atomic E-state index is 0.0267. The van der Waals surface area contributed by atoms with E-state index in [1.807, 2.05) is 6.92 Å². The molecule has 1 saturated heterocycles. The molecule has 1 heterocycles. The SMILES string of the molecule is CCOC(=O)C1(N2CCCNCC2)CCCCCC1. The maximum absolute atomic E-state index is 12.6. The second kappa shape index (κ2) is 7.25. The van der Waals surface area contributed by atoms with Crippen molar-refractivity contribution in [1.29, 1.82) is 0 Å². The molecule has 110 valence electrons. The van der Waals surface area contributed by atoms with Crippen LogP contribution in [0.2, 0.25) is 0 Å². The van der Waals surface area contributed by atoms with E-state index in [-0.39, 0.29) is 11.5 Å². The Bertz CT molecular complexity index is 278. The first kappa shape index (κ1) is 14.8. The highest BCUT2D eigenvalue weighted by molar-refractivity contribution is 5.81. The normalized spacial score (nSPS) is 25.3. The van der Waals surface area contributed by atoms with Crippen molar-refractivity contribution in [1.82, 2.24) is 10.2 Å². The molecule has 4 heteroatoms. The van der Waals surface area contributed by atoms with Crippen LogP contribution in [0.4, 0.5) is 0 Å². The minimum atomic E-state index is -0.335. The number of rotatable bonds is 3. The van der Waals surface area contributed by atoms with Crippen LogP contribution >= 0.6 is 0 Å². The van der Waals surface area contributed by atoms with E-state index in [0.29, 0.717) is 6.61 Å². The molecule has 4 nitrogen and oxygen atoms in total. The molecule has 0 aromatic heterocycles. The van der Waals surface area contributed by atoms with Crippen molar-refractivity contribution in [2.45, 2.75) is 57.4 Å². The molecule has 0 atom stereocenters. The van der Waals surface area contributed by atoms with E-state index >= 15 is 0 Å². The van der Waals surface area contributed by atoms with Crippen molar-refractivity contribution < 1.29 is 9.53 Å². The Labute approximate surface area is 116 Å². The molecule has 0 unspecified atom stereocenters. The molecule has 0 amide bonds. The van der Waals surface area contributed by atoms with E-state index in [0.717, 1.165) is 58.3 Å². The van der Waals surface area contributed by atoms with Crippen LogP contribution in [0, 0.1) is 0 Å². The third-order valence-electron chi connectivity index (χ3n) is 4.53. The van der Waals surface area contributed by atoms with E-state index in [2.05, 4.69) is 10.2 Å². The quantitative estimate of drug-likeness (QED) is 0.627. The number of nitrogens with one attached hydrogen (secondary N) is 1. The Kier molecular flexibility index (Phi) is 5.64. The van der Waals surface area contributed by atoms with E-state index in [1.165, 1.54) is 12.8 Å². The summed E-state index contributed by atoms with van der Waals surface area (Å²) in [6.07, 6.45) is 7.91. The lowest BCUT2D eigenvalue weighted by atomic mass is 9.87. The summed E-state index contributed by atoms with van der Waals surface area (Å²) in [6, 6.07) is 0. The van der Waals surface area contributed by atoms with Gasteiger partial charge in [-0.15, -0.1) is 0 Å². The second-order valence-electron chi connectivity index (χ2n) is 5.76. The van der Waals surface area contributed by atoms with Crippen molar-refractivity contribution in [2.75, 3.05) is 32.8 Å². The highest BCUT2D eigenvalue weighted by atomic mass is 16.5. The fraction of sp³-hybridized carbons (Fsp3) is 0.933. The molecule has 0 bridgehead atoms. The standard InChI is InChI=1S/C15H28N2O2/c1-2-19-14(18)15(8-5-3-4-6-9-15)17-12-7-10-16-11-13-17/h16H,2-13H2,1H3. The first-order valence-electron chi connectivity index (χ1n) is 7.92. The van der Waals surface area contributed by atoms with Crippen LogP contribution in [0.25, 0.3) is 0 Å². The van der Waals surface area contributed by atoms with Crippen molar-refractivity contribution in [2.24, 2.45) is 0 Å². The summed E-state index contributed by atoms with van der Waals surface area (Å²) in [4.78, 5) is 15.0. The summed E-state index contributed by atoms with van der Waals surface area (Å²) in [5, 5.41) is 3.43. The largest absolute Gasteiger partial charge is 0.465 e. The van der Waals surface area contributed by atoms with Crippen LogP contribution in [0.3, 0.4) is 0 Å². The maximum atomic E-state index is 12.6. The average Bonchev–Trinajstić information content (AvgIpc) is 2.82. The molecule has 1 saturated carbocycles. The van der Waals surface area contributed by atoms with Crippen molar-refractivity contribution in [3.63, 3.8) is 0 Å². The molecule has 2 fully saturated rings. The van der Waals surface area contributed by atoms with Gasteiger partial charge in [0.1, 0.15) is 5.54 Å². The summed E-state index contributed by atoms with van der Waals surface area (Å²) in [7, 11) is 0. The van der Waals surface area contributed by atoms with Crippen LogP contribution in [-0.4, -0.2) is 49.2 Å². The molecule has 0 spiro atoms. The molecule has 1 N–H and O–H groups in total. The molecular weight excluding hydrogens is 240 g/mol. The molecule has 0 aromatic rings. The fourth-order valence-electron chi connectivity index (χ4n) is 3.50. The zero-order chi connectivity index (χ0) is 13.6. The summed E-state index contributed by atoms with van der Waals surface area (Å²) < 4.78 is 5.43. The third-order valence-corrected chi connectivity index (χ3v) is 4.53. The van der Waals surface area contributed by atoms with Crippen molar-refractivity contribution in [3.8, 4) is 0 Å². The predicted octanol–water partition coefficient (Wildman–Crippen LogP) is 1.94. The van der Waals surface area contributed by atoms with Gasteiger partial charge < -0.3 is 10.1 Å². The Morgan fingerprint density at radius 1 is 1.11 bits per heavy atom. The molecule has 0 aromatic carbocycles. The van der Waals surface area contributed by atoms with Crippen molar-refractivity contribution in [3.05, 3.63) is 0 Å². The zero-order valence-electron chi connectivity index (χ0n) is 12.2. The summed E-state index contributed by atoms with van der Waals surface area (Å²) in [6.45, 7) is 6.44. The van der Waals surface area contributed by atoms with E-state index in [9.17, 15) is 4.79 Å². The summed E-state index contributed by atoms with van der Waals surface area (Å²) in [5.41, 5.74) is -0.335. The number of esters is 1. The summed E-state index contributed by atoms with van der Waals surface area (Å²) >= 11 is 0. The van der Waals surface area contributed by atoms with Gasteiger partial charge in [0.2, 0.25) is 0 Å². The fourth-order valence-corrected chi connectivity index (χ4v) is 3.50. The van der Waals surface area contributed by atoms with Gasteiger partial charge in [-0.3, -0.25) is 9.69 Å². The van der Waals surface area contributed by atoms with Crippen LogP contribution < -0.4 is 5.32 Å². The van der Waals surface area contributed by atoms with Gasteiger partial charge in [0.15, 0.2) is 0 Å². The third kappa shape index (κ3) is 3.48. The van der Waals surface area contributed by atoms with Gasteiger partial charge in [-0.2, -0.15) is 0 Å². The van der Waals surface area contributed by atoms with Crippen LogP contribution in [0.1, 0.15) is 51.9 Å². The van der Waals surface area contributed by atoms with Gasteiger partial charge in [-0.25, -0.2) is 0 Å². The van der Waals surface area contributed by atoms with Gasteiger partial charge in [0.05, 0.1) is 6.61 Å². The number of hydrogen-bond donors (Lipinski definition) is 1. The molecule has 0 radical (unpaired) electrons.